The molecule has 0 spiro atoms. The van der Waals surface area contributed by atoms with Gasteiger partial charge in [-0.15, -0.1) is 0 Å². The summed E-state index contributed by atoms with van der Waals surface area (Å²) in [6.07, 6.45) is 3.72. The highest BCUT2D eigenvalue weighted by atomic mass is 16.3. The summed E-state index contributed by atoms with van der Waals surface area (Å²) in [4.78, 5) is 0. The predicted molar refractivity (Wildman–Crippen MR) is 58.0 cm³/mol. The lowest BCUT2D eigenvalue weighted by Gasteiger charge is -2.36. The van der Waals surface area contributed by atoms with Crippen LogP contribution in [0.1, 0.15) is 43.7 Å². The molecule has 1 aliphatic rings. The molecule has 1 heteroatoms. The summed E-state index contributed by atoms with van der Waals surface area (Å²) in [6, 6.07) is 8.36. The van der Waals surface area contributed by atoms with Crippen molar-refractivity contribution >= 4 is 0 Å². The molecule has 0 heterocycles. The molecular formula is C13H17O. The van der Waals surface area contributed by atoms with Crippen molar-refractivity contribution in [3.05, 3.63) is 41.8 Å². The molecule has 14 heavy (non-hydrogen) atoms. The fraction of sp³-hybridized carbons (Fsp3) is 0.462. The Kier molecular flexibility index (Phi) is 2.36. The smallest absolute Gasteiger partial charge is 0.0902 e. The summed E-state index contributed by atoms with van der Waals surface area (Å²) < 4.78 is 0. The predicted octanol–water partition coefficient (Wildman–Crippen LogP) is 3.00. The molecule has 1 aromatic carbocycles. The third-order valence-electron chi connectivity index (χ3n) is 3.08. The normalized spacial score (nSPS) is 19.4. The largest absolute Gasteiger partial charge is 0.385 e. The average molecular weight is 189 g/mol. The van der Waals surface area contributed by atoms with Crippen LogP contribution in [0.5, 0.6) is 0 Å². The van der Waals surface area contributed by atoms with E-state index in [1.54, 1.807) is 0 Å². The van der Waals surface area contributed by atoms with Gasteiger partial charge >= 0.3 is 0 Å². The molecule has 0 aromatic heterocycles. The molecule has 1 aromatic rings. The van der Waals surface area contributed by atoms with Gasteiger partial charge in [0.2, 0.25) is 0 Å². The Balaban J connectivity index is 2.21. The zero-order chi connectivity index (χ0) is 10.2. The first kappa shape index (κ1) is 9.72. The molecule has 1 radical (unpaired) electrons. The monoisotopic (exact) mass is 189 g/mol. The third-order valence-corrected chi connectivity index (χ3v) is 3.08. The zero-order valence-electron chi connectivity index (χ0n) is 8.83. The standard InChI is InChI=1S/C13H17O/c1-10(2)11-4-6-12(7-5-11)13(14)8-3-9-13/h3-7,10,14H,8-9H2,1-2H3. The Labute approximate surface area is 85.8 Å². The Morgan fingerprint density at radius 3 is 2.07 bits per heavy atom. The highest BCUT2D eigenvalue weighted by Gasteiger charge is 2.36. The van der Waals surface area contributed by atoms with E-state index in [9.17, 15) is 5.11 Å². The van der Waals surface area contributed by atoms with Crippen molar-refractivity contribution in [3.8, 4) is 0 Å². The van der Waals surface area contributed by atoms with Crippen molar-refractivity contribution in [3.63, 3.8) is 0 Å². The van der Waals surface area contributed by atoms with Crippen LogP contribution in [0.2, 0.25) is 0 Å². The minimum Gasteiger partial charge on any atom is -0.385 e. The SMILES string of the molecule is CC(C)c1ccc(C2(O)C[CH]C2)cc1. The van der Waals surface area contributed by atoms with Crippen molar-refractivity contribution in [2.45, 2.75) is 38.2 Å². The van der Waals surface area contributed by atoms with Crippen molar-refractivity contribution < 1.29 is 5.11 Å². The van der Waals surface area contributed by atoms with Crippen molar-refractivity contribution in [1.82, 2.24) is 0 Å². The van der Waals surface area contributed by atoms with Gasteiger partial charge in [0.25, 0.3) is 0 Å². The highest BCUT2D eigenvalue weighted by molar-refractivity contribution is 5.31. The Hall–Kier alpha value is -0.820. The minimum atomic E-state index is -0.560. The van der Waals surface area contributed by atoms with Gasteiger partial charge in [0.1, 0.15) is 0 Å². The molecule has 0 aliphatic heterocycles. The first-order valence-corrected chi connectivity index (χ1v) is 5.26. The lowest BCUT2D eigenvalue weighted by molar-refractivity contribution is -0.00574. The van der Waals surface area contributed by atoms with E-state index in [0.717, 1.165) is 18.4 Å². The second kappa shape index (κ2) is 3.39. The van der Waals surface area contributed by atoms with Crippen molar-refractivity contribution in [2.75, 3.05) is 0 Å². The maximum absolute atomic E-state index is 10.1. The van der Waals surface area contributed by atoms with Gasteiger partial charge in [-0.2, -0.15) is 0 Å². The number of rotatable bonds is 2. The van der Waals surface area contributed by atoms with E-state index in [1.807, 2.05) is 0 Å². The van der Waals surface area contributed by atoms with E-state index in [4.69, 9.17) is 0 Å². The molecule has 1 fully saturated rings. The van der Waals surface area contributed by atoms with Crippen LogP contribution < -0.4 is 0 Å². The molecule has 0 atom stereocenters. The maximum Gasteiger partial charge on any atom is 0.0902 e. The fourth-order valence-corrected chi connectivity index (χ4v) is 1.83. The van der Waals surface area contributed by atoms with Gasteiger partial charge in [-0.05, 0) is 36.3 Å². The van der Waals surface area contributed by atoms with Crippen LogP contribution in [0.15, 0.2) is 24.3 Å². The van der Waals surface area contributed by atoms with E-state index < -0.39 is 5.60 Å². The van der Waals surface area contributed by atoms with E-state index in [0.29, 0.717) is 5.92 Å². The quantitative estimate of drug-likeness (QED) is 0.758. The second-order valence-electron chi connectivity index (χ2n) is 4.51. The van der Waals surface area contributed by atoms with Crippen molar-refractivity contribution in [1.29, 1.82) is 0 Å². The van der Waals surface area contributed by atoms with Crippen LogP contribution in [0.4, 0.5) is 0 Å². The van der Waals surface area contributed by atoms with Gasteiger partial charge in [0.15, 0.2) is 0 Å². The van der Waals surface area contributed by atoms with Gasteiger partial charge in [0.05, 0.1) is 5.60 Å². The Morgan fingerprint density at radius 2 is 1.71 bits per heavy atom. The Morgan fingerprint density at radius 1 is 1.14 bits per heavy atom. The van der Waals surface area contributed by atoms with Gasteiger partial charge in [-0.3, -0.25) is 0 Å². The number of benzene rings is 1. The zero-order valence-corrected chi connectivity index (χ0v) is 8.83. The first-order valence-electron chi connectivity index (χ1n) is 5.26. The molecule has 0 unspecified atom stereocenters. The van der Waals surface area contributed by atoms with Gasteiger partial charge in [-0.1, -0.05) is 38.1 Å². The number of hydrogen-bond acceptors (Lipinski definition) is 1. The molecule has 1 N–H and O–H groups in total. The van der Waals surface area contributed by atoms with Crippen LogP contribution in [0.25, 0.3) is 0 Å². The molecule has 2 rings (SSSR count). The summed E-state index contributed by atoms with van der Waals surface area (Å²) in [5.41, 5.74) is 1.83. The summed E-state index contributed by atoms with van der Waals surface area (Å²) in [7, 11) is 0. The molecule has 1 nitrogen and oxygen atoms in total. The topological polar surface area (TPSA) is 20.2 Å². The third kappa shape index (κ3) is 1.57. The maximum atomic E-state index is 10.1. The summed E-state index contributed by atoms with van der Waals surface area (Å²) in [5.74, 6) is 0.562. The van der Waals surface area contributed by atoms with Crippen LogP contribution in [0.3, 0.4) is 0 Å². The summed E-state index contributed by atoms with van der Waals surface area (Å²) in [6.45, 7) is 4.36. The van der Waals surface area contributed by atoms with Crippen LogP contribution in [-0.2, 0) is 5.60 Å². The second-order valence-corrected chi connectivity index (χ2v) is 4.51. The van der Waals surface area contributed by atoms with Crippen molar-refractivity contribution in [2.24, 2.45) is 0 Å². The van der Waals surface area contributed by atoms with Gasteiger partial charge < -0.3 is 5.11 Å². The van der Waals surface area contributed by atoms with Crippen LogP contribution >= 0.6 is 0 Å². The van der Waals surface area contributed by atoms with E-state index in [1.165, 1.54) is 5.56 Å². The Bertz CT molecular complexity index is 307. The van der Waals surface area contributed by atoms with Gasteiger partial charge in [0, 0.05) is 0 Å². The molecule has 1 aliphatic carbocycles. The number of hydrogen-bond donors (Lipinski definition) is 1. The minimum absolute atomic E-state index is 0.560. The highest BCUT2D eigenvalue weighted by Crippen LogP contribution is 2.40. The van der Waals surface area contributed by atoms with E-state index in [-0.39, 0.29) is 0 Å². The lowest BCUT2D eigenvalue weighted by Crippen LogP contribution is -2.34. The molecule has 1 saturated carbocycles. The average Bonchev–Trinajstić information content (AvgIpc) is 2.14. The van der Waals surface area contributed by atoms with E-state index in [2.05, 4.69) is 44.5 Å². The summed E-state index contributed by atoms with van der Waals surface area (Å²) in [5, 5.41) is 10.1. The van der Waals surface area contributed by atoms with E-state index >= 15 is 0 Å². The van der Waals surface area contributed by atoms with Crippen LogP contribution in [0, 0.1) is 6.42 Å². The lowest BCUT2D eigenvalue weighted by atomic mass is 9.75. The van der Waals surface area contributed by atoms with Gasteiger partial charge in [-0.25, -0.2) is 0 Å². The molecular weight excluding hydrogens is 172 g/mol. The molecule has 0 amide bonds. The molecule has 75 valence electrons. The number of aliphatic hydroxyl groups is 1. The van der Waals surface area contributed by atoms with Crippen LogP contribution in [-0.4, -0.2) is 5.11 Å². The summed E-state index contributed by atoms with van der Waals surface area (Å²) >= 11 is 0. The first-order chi connectivity index (χ1) is 6.62. The molecule has 0 saturated heterocycles. The fourth-order valence-electron chi connectivity index (χ4n) is 1.83. The molecule has 0 bridgehead atoms.